The summed E-state index contributed by atoms with van der Waals surface area (Å²) in [5, 5.41) is 12.8. The van der Waals surface area contributed by atoms with E-state index in [2.05, 4.69) is 5.10 Å². The van der Waals surface area contributed by atoms with Crippen LogP contribution in [0.1, 0.15) is 19.8 Å². The highest BCUT2D eigenvalue weighted by molar-refractivity contribution is 7.89. The lowest BCUT2D eigenvalue weighted by molar-refractivity contribution is 0.0265. The van der Waals surface area contributed by atoms with Crippen LogP contribution >= 0.6 is 0 Å². The van der Waals surface area contributed by atoms with Crippen molar-refractivity contribution in [1.82, 2.24) is 14.1 Å². The minimum Gasteiger partial charge on any atom is -0.394 e. The maximum Gasteiger partial charge on any atom is 0.246 e. The van der Waals surface area contributed by atoms with Crippen molar-refractivity contribution >= 4 is 10.0 Å². The monoisotopic (exact) mass is 303 g/mol. The van der Waals surface area contributed by atoms with E-state index in [1.807, 2.05) is 6.92 Å². The normalized spacial score (nSPS) is 21.2. The van der Waals surface area contributed by atoms with E-state index in [0.29, 0.717) is 19.7 Å². The third-order valence-electron chi connectivity index (χ3n) is 3.32. The summed E-state index contributed by atoms with van der Waals surface area (Å²) in [7, 11) is -3.52. The van der Waals surface area contributed by atoms with Crippen molar-refractivity contribution in [2.75, 3.05) is 26.3 Å². The lowest BCUT2D eigenvalue weighted by Crippen LogP contribution is -2.43. The number of hydrogen-bond acceptors (Lipinski definition) is 5. The molecule has 0 aliphatic carbocycles. The molecule has 1 aromatic rings. The molecule has 0 radical (unpaired) electrons. The van der Waals surface area contributed by atoms with Crippen LogP contribution in [0.4, 0.5) is 0 Å². The van der Waals surface area contributed by atoms with Crippen molar-refractivity contribution in [3.05, 3.63) is 12.4 Å². The van der Waals surface area contributed by atoms with E-state index in [0.717, 1.165) is 12.8 Å². The van der Waals surface area contributed by atoms with Crippen molar-refractivity contribution < 1.29 is 18.3 Å². The maximum atomic E-state index is 12.5. The lowest BCUT2D eigenvalue weighted by atomic mass is 10.1. The molecule has 1 atom stereocenters. The first-order valence-corrected chi connectivity index (χ1v) is 8.27. The summed E-state index contributed by atoms with van der Waals surface area (Å²) in [6, 6.07) is 0. The van der Waals surface area contributed by atoms with Gasteiger partial charge in [0, 0.05) is 25.9 Å². The van der Waals surface area contributed by atoms with Gasteiger partial charge in [-0.1, -0.05) is 0 Å². The van der Waals surface area contributed by atoms with Crippen molar-refractivity contribution in [2.45, 2.75) is 37.3 Å². The second kappa shape index (κ2) is 6.66. The van der Waals surface area contributed by atoms with Gasteiger partial charge in [-0.3, -0.25) is 4.68 Å². The summed E-state index contributed by atoms with van der Waals surface area (Å²) in [6.45, 7) is 3.62. The first-order chi connectivity index (χ1) is 9.57. The highest BCUT2D eigenvalue weighted by Crippen LogP contribution is 2.21. The van der Waals surface area contributed by atoms with Crippen LogP contribution in [0.3, 0.4) is 0 Å². The number of hydrogen-bond donors (Lipinski definition) is 1. The van der Waals surface area contributed by atoms with Gasteiger partial charge < -0.3 is 9.84 Å². The van der Waals surface area contributed by atoms with Gasteiger partial charge in [0.1, 0.15) is 4.90 Å². The number of sulfonamides is 1. The van der Waals surface area contributed by atoms with Gasteiger partial charge in [-0.05, 0) is 19.8 Å². The Bertz CT molecular complexity index is 527. The molecule has 1 N–H and O–H groups in total. The zero-order valence-electron chi connectivity index (χ0n) is 11.6. The Balaban J connectivity index is 2.12. The Morgan fingerprint density at radius 1 is 1.55 bits per heavy atom. The predicted octanol–water partition coefficient (Wildman–Crippen LogP) is 0.0650. The minimum absolute atomic E-state index is 0.0315. The molecule has 1 aliphatic rings. The molecule has 8 heteroatoms. The summed E-state index contributed by atoms with van der Waals surface area (Å²) in [5.41, 5.74) is 0. The summed E-state index contributed by atoms with van der Waals surface area (Å²) in [6.07, 6.45) is 4.44. The molecule has 1 unspecified atom stereocenters. The van der Waals surface area contributed by atoms with Crippen LogP contribution < -0.4 is 0 Å². The SMILES string of the molecule is CCOC1CCCN(S(=O)(=O)c2cnn(CCO)c2)C1. The van der Waals surface area contributed by atoms with Crippen LogP contribution in [0.2, 0.25) is 0 Å². The average molecular weight is 303 g/mol. The topological polar surface area (TPSA) is 84.7 Å². The van der Waals surface area contributed by atoms with Crippen LogP contribution in [0.5, 0.6) is 0 Å². The minimum atomic E-state index is -3.52. The molecule has 0 bridgehead atoms. The molecular formula is C12H21N3O4S. The first-order valence-electron chi connectivity index (χ1n) is 6.83. The fraction of sp³-hybridized carbons (Fsp3) is 0.750. The quantitative estimate of drug-likeness (QED) is 0.803. The van der Waals surface area contributed by atoms with Gasteiger partial charge >= 0.3 is 0 Å². The fourth-order valence-corrected chi connectivity index (χ4v) is 3.81. The molecule has 0 amide bonds. The van der Waals surface area contributed by atoms with Gasteiger partial charge in [0.2, 0.25) is 10.0 Å². The zero-order chi connectivity index (χ0) is 14.6. The number of aliphatic hydroxyl groups excluding tert-OH is 1. The number of piperidine rings is 1. The number of ether oxygens (including phenoxy) is 1. The van der Waals surface area contributed by atoms with Gasteiger partial charge in [0.15, 0.2) is 0 Å². The molecule has 1 aliphatic heterocycles. The zero-order valence-corrected chi connectivity index (χ0v) is 12.4. The Morgan fingerprint density at radius 3 is 3.05 bits per heavy atom. The fourth-order valence-electron chi connectivity index (χ4n) is 2.35. The molecule has 114 valence electrons. The largest absolute Gasteiger partial charge is 0.394 e. The first kappa shape index (κ1) is 15.4. The van der Waals surface area contributed by atoms with Crippen LogP contribution in [-0.2, 0) is 21.3 Å². The molecule has 1 saturated heterocycles. The molecule has 0 saturated carbocycles. The van der Waals surface area contributed by atoms with Crippen molar-refractivity contribution in [1.29, 1.82) is 0 Å². The molecule has 2 rings (SSSR count). The Kier molecular flexibility index (Phi) is 5.14. The molecule has 0 aromatic carbocycles. The molecule has 1 aromatic heterocycles. The van der Waals surface area contributed by atoms with E-state index in [1.165, 1.54) is 21.4 Å². The van der Waals surface area contributed by atoms with Crippen molar-refractivity contribution in [3.8, 4) is 0 Å². The van der Waals surface area contributed by atoms with E-state index in [1.54, 1.807) is 0 Å². The van der Waals surface area contributed by atoms with E-state index in [9.17, 15) is 8.42 Å². The highest BCUT2D eigenvalue weighted by atomic mass is 32.2. The molecule has 7 nitrogen and oxygen atoms in total. The second-order valence-corrected chi connectivity index (χ2v) is 6.68. The maximum absolute atomic E-state index is 12.5. The molecular weight excluding hydrogens is 282 g/mol. The van der Waals surface area contributed by atoms with Gasteiger partial charge in [-0.25, -0.2) is 8.42 Å². The Morgan fingerprint density at radius 2 is 2.35 bits per heavy atom. The molecule has 2 heterocycles. The standard InChI is InChI=1S/C12H21N3O4S/c1-2-19-11-4-3-5-15(9-11)20(17,18)12-8-13-14(10-12)6-7-16/h8,10-11,16H,2-7,9H2,1H3. The van der Waals surface area contributed by atoms with E-state index >= 15 is 0 Å². The highest BCUT2D eigenvalue weighted by Gasteiger charge is 2.31. The number of nitrogens with zero attached hydrogens (tertiary/aromatic N) is 3. The smallest absolute Gasteiger partial charge is 0.246 e. The molecule has 0 spiro atoms. The van der Waals surface area contributed by atoms with Crippen LogP contribution in [-0.4, -0.2) is 60.0 Å². The summed E-state index contributed by atoms with van der Waals surface area (Å²) < 4.78 is 33.4. The van der Waals surface area contributed by atoms with Gasteiger partial charge in [-0.2, -0.15) is 9.40 Å². The number of aromatic nitrogens is 2. The van der Waals surface area contributed by atoms with Crippen LogP contribution in [0, 0.1) is 0 Å². The lowest BCUT2D eigenvalue weighted by Gasteiger charge is -2.31. The van der Waals surface area contributed by atoms with Gasteiger partial charge in [0.05, 0.1) is 25.5 Å². The summed E-state index contributed by atoms with van der Waals surface area (Å²) in [5.74, 6) is 0. The average Bonchev–Trinajstić information content (AvgIpc) is 2.89. The summed E-state index contributed by atoms with van der Waals surface area (Å²) in [4.78, 5) is 0.170. The number of aliphatic hydroxyl groups is 1. The third-order valence-corrected chi connectivity index (χ3v) is 5.14. The number of rotatable bonds is 6. The third kappa shape index (κ3) is 3.38. The molecule has 1 fully saturated rings. The van der Waals surface area contributed by atoms with Crippen LogP contribution in [0.25, 0.3) is 0 Å². The molecule has 20 heavy (non-hydrogen) atoms. The van der Waals surface area contributed by atoms with Crippen molar-refractivity contribution in [2.24, 2.45) is 0 Å². The van der Waals surface area contributed by atoms with Crippen molar-refractivity contribution in [3.63, 3.8) is 0 Å². The Hall–Kier alpha value is -0.960. The van der Waals surface area contributed by atoms with E-state index in [4.69, 9.17) is 9.84 Å². The van der Waals surface area contributed by atoms with E-state index < -0.39 is 10.0 Å². The summed E-state index contributed by atoms with van der Waals surface area (Å²) >= 11 is 0. The van der Waals surface area contributed by atoms with Gasteiger partial charge in [0.25, 0.3) is 0 Å². The van der Waals surface area contributed by atoms with Gasteiger partial charge in [-0.15, -0.1) is 0 Å². The predicted molar refractivity (Wildman–Crippen MR) is 72.7 cm³/mol. The Labute approximate surface area is 119 Å². The second-order valence-electron chi connectivity index (χ2n) is 4.75. The van der Waals surface area contributed by atoms with E-state index in [-0.39, 0.29) is 24.2 Å². The van der Waals surface area contributed by atoms with Crippen LogP contribution in [0.15, 0.2) is 17.3 Å².